The van der Waals surface area contributed by atoms with Gasteiger partial charge in [0, 0.05) is 13.2 Å². The molecule has 3 heterocycles. The van der Waals surface area contributed by atoms with Crippen LogP contribution < -0.4 is 10.1 Å². The van der Waals surface area contributed by atoms with Crippen LogP contribution in [0.15, 0.2) is 45.2 Å². The van der Waals surface area contributed by atoms with E-state index in [1.54, 1.807) is 24.3 Å². The fourth-order valence-electron chi connectivity index (χ4n) is 2.91. The van der Waals surface area contributed by atoms with Gasteiger partial charge in [-0.1, -0.05) is 23.7 Å². The Morgan fingerprint density at radius 2 is 2.14 bits per heavy atom. The van der Waals surface area contributed by atoms with Crippen molar-refractivity contribution in [3.05, 3.63) is 52.9 Å². The number of para-hydroxylation sites is 1. The zero-order chi connectivity index (χ0) is 19.3. The van der Waals surface area contributed by atoms with Crippen LogP contribution in [-0.4, -0.2) is 24.2 Å². The maximum atomic E-state index is 9.31. The Morgan fingerprint density at radius 3 is 2.93 bits per heavy atom. The number of nitriles is 1. The second kappa shape index (κ2) is 8.38. The first-order valence-corrected chi connectivity index (χ1v) is 9.33. The van der Waals surface area contributed by atoms with Crippen molar-refractivity contribution in [3.8, 4) is 23.5 Å². The van der Waals surface area contributed by atoms with E-state index in [0.717, 1.165) is 19.4 Å². The van der Waals surface area contributed by atoms with Crippen LogP contribution in [0.4, 0.5) is 5.88 Å². The summed E-state index contributed by atoms with van der Waals surface area (Å²) >= 11 is 6.08. The van der Waals surface area contributed by atoms with Crippen LogP contribution in [0.2, 0.25) is 5.02 Å². The van der Waals surface area contributed by atoms with Crippen molar-refractivity contribution >= 4 is 17.5 Å². The van der Waals surface area contributed by atoms with Crippen molar-refractivity contribution < 1.29 is 18.3 Å². The lowest BCUT2D eigenvalue weighted by atomic mass is 10.2. The minimum atomic E-state index is 0.122. The number of ether oxygens (including phenoxy) is 2. The van der Waals surface area contributed by atoms with Crippen LogP contribution in [0.5, 0.6) is 5.75 Å². The highest BCUT2D eigenvalue weighted by molar-refractivity contribution is 6.32. The van der Waals surface area contributed by atoms with Crippen molar-refractivity contribution in [2.45, 2.75) is 25.6 Å². The van der Waals surface area contributed by atoms with E-state index < -0.39 is 0 Å². The predicted molar refractivity (Wildman–Crippen MR) is 102 cm³/mol. The van der Waals surface area contributed by atoms with Crippen molar-refractivity contribution in [2.24, 2.45) is 0 Å². The van der Waals surface area contributed by atoms with Crippen molar-refractivity contribution in [1.82, 2.24) is 4.98 Å². The van der Waals surface area contributed by atoms with Gasteiger partial charge in [0.15, 0.2) is 5.76 Å². The van der Waals surface area contributed by atoms with Gasteiger partial charge in [-0.05, 0) is 37.1 Å². The van der Waals surface area contributed by atoms with Crippen LogP contribution in [0.1, 0.15) is 24.3 Å². The standard InChI is InChI=1S/C20H18ClN3O4/c21-15-5-1-2-6-17(15)26-12-14-7-8-18(27-14)20-24-16(10-22)19(28-20)23-11-13-4-3-9-25-13/h1-2,5-8,13,23H,3-4,9,11-12H2/t13-/m1/s1. The number of rotatable bonds is 7. The lowest BCUT2D eigenvalue weighted by Gasteiger charge is -2.09. The molecule has 0 aliphatic carbocycles. The highest BCUT2D eigenvalue weighted by atomic mass is 35.5. The quantitative estimate of drug-likeness (QED) is 0.618. The molecule has 1 aromatic carbocycles. The Kier molecular flexibility index (Phi) is 5.51. The van der Waals surface area contributed by atoms with Crippen LogP contribution in [0, 0.1) is 11.3 Å². The summed E-state index contributed by atoms with van der Waals surface area (Å²) in [4.78, 5) is 4.20. The first-order chi connectivity index (χ1) is 13.7. The summed E-state index contributed by atoms with van der Waals surface area (Å²) in [6.45, 7) is 1.54. The molecule has 0 amide bonds. The summed E-state index contributed by atoms with van der Waals surface area (Å²) in [6, 6.07) is 12.7. The summed E-state index contributed by atoms with van der Waals surface area (Å²) in [6.07, 6.45) is 2.16. The molecular formula is C20H18ClN3O4. The number of benzene rings is 1. The average Bonchev–Trinajstić information content (AvgIpc) is 3.45. The number of furan rings is 1. The monoisotopic (exact) mass is 399 g/mol. The number of hydrogen-bond acceptors (Lipinski definition) is 7. The molecule has 1 aliphatic heterocycles. The second-order valence-corrected chi connectivity index (χ2v) is 6.72. The third-order valence-electron chi connectivity index (χ3n) is 4.33. The zero-order valence-electron chi connectivity index (χ0n) is 15.0. The van der Waals surface area contributed by atoms with Crippen LogP contribution in [0.3, 0.4) is 0 Å². The van der Waals surface area contributed by atoms with E-state index in [1.807, 2.05) is 18.2 Å². The first-order valence-electron chi connectivity index (χ1n) is 8.96. The van der Waals surface area contributed by atoms with Crippen molar-refractivity contribution in [2.75, 3.05) is 18.5 Å². The first kappa shape index (κ1) is 18.4. The molecule has 1 saturated heterocycles. The fraction of sp³-hybridized carbons (Fsp3) is 0.300. The van der Waals surface area contributed by atoms with Gasteiger partial charge in [0.25, 0.3) is 5.89 Å². The summed E-state index contributed by atoms with van der Waals surface area (Å²) in [5, 5.41) is 12.9. The van der Waals surface area contributed by atoms with Crippen molar-refractivity contribution in [3.63, 3.8) is 0 Å². The van der Waals surface area contributed by atoms with E-state index in [-0.39, 0.29) is 24.3 Å². The van der Waals surface area contributed by atoms with Gasteiger partial charge in [0.05, 0.1) is 11.1 Å². The molecule has 0 radical (unpaired) electrons. The van der Waals surface area contributed by atoms with Crippen LogP contribution in [0.25, 0.3) is 11.7 Å². The topological polar surface area (TPSA) is 93.5 Å². The molecule has 1 fully saturated rings. The van der Waals surface area contributed by atoms with Gasteiger partial charge in [-0.15, -0.1) is 0 Å². The lowest BCUT2D eigenvalue weighted by Crippen LogP contribution is -2.18. The van der Waals surface area contributed by atoms with Gasteiger partial charge >= 0.3 is 0 Å². The Morgan fingerprint density at radius 1 is 1.25 bits per heavy atom. The van der Waals surface area contributed by atoms with Gasteiger partial charge in [-0.25, -0.2) is 0 Å². The molecule has 2 aromatic heterocycles. The Bertz CT molecular complexity index is 985. The Labute approximate surface area is 166 Å². The summed E-state index contributed by atoms with van der Waals surface area (Å²) < 4.78 is 22.7. The summed E-state index contributed by atoms with van der Waals surface area (Å²) in [7, 11) is 0. The van der Waals surface area contributed by atoms with E-state index >= 15 is 0 Å². The number of oxazole rings is 1. The molecule has 1 aliphatic rings. The summed E-state index contributed by atoms with van der Waals surface area (Å²) in [5.74, 6) is 2.12. The molecular weight excluding hydrogens is 382 g/mol. The number of nitrogens with zero attached hydrogens (tertiary/aromatic N) is 2. The summed E-state index contributed by atoms with van der Waals surface area (Å²) in [5.41, 5.74) is 0.179. The fourth-order valence-corrected chi connectivity index (χ4v) is 3.10. The molecule has 0 bridgehead atoms. The highest BCUT2D eigenvalue weighted by Crippen LogP contribution is 2.29. The smallest absolute Gasteiger partial charge is 0.266 e. The van der Waals surface area contributed by atoms with Crippen LogP contribution in [-0.2, 0) is 11.3 Å². The maximum Gasteiger partial charge on any atom is 0.266 e. The average molecular weight is 400 g/mol. The van der Waals surface area contributed by atoms with E-state index in [0.29, 0.717) is 34.7 Å². The number of hydrogen-bond donors (Lipinski definition) is 1. The number of halogens is 1. The van der Waals surface area contributed by atoms with Gasteiger partial charge in [-0.3, -0.25) is 0 Å². The maximum absolute atomic E-state index is 9.31. The minimum absolute atomic E-state index is 0.122. The third-order valence-corrected chi connectivity index (χ3v) is 4.64. The SMILES string of the molecule is N#Cc1nc(-c2ccc(COc3ccccc3Cl)o2)oc1NC[C@H]1CCCO1. The van der Waals surface area contributed by atoms with E-state index in [1.165, 1.54) is 0 Å². The van der Waals surface area contributed by atoms with Crippen LogP contribution >= 0.6 is 11.6 Å². The zero-order valence-corrected chi connectivity index (χ0v) is 15.7. The molecule has 0 spiro atoms. The molecule has 28 heavy (non-hydrogen) atoms. The van der Waals surface area contributed by atoms with Gasteiger partial charge < -0.3 is 23.6 Å². The minimum Gasteiger partial charge on any atom is -0.484 e. The molecule has 0 unspecified atom stereocenters. The van der Waals surface area contributed by atoms with E-state index in [2.05, 4.69) is 10.3 Å². The highest BCUT2D eigenvalue weighted by Gasteiger charge is 2.20. The van der Waals surface area contributed by atoms with Gasteiger partial charge in [0.1, 0.15) is 24.2 Å². The van der Waals surface area contributed by atoms with E-state index in [9.17, 15) is 5.26 Å². The molecule has 144 valence electrons. The molecule has 7 nitrogen and oxygen atoms in total. The largest absolute Gasteiger partial charge is 0.484 e. The Balaban J connectivity index is 1.43. The third kappa shape index (κ3) is 4.14. The van der Waals surface area contributed by atoms with Gasteiger partial charge in [0.2, 0.25) is 11.6 Å². The normalized spacial score (nSPS) is 16.1. The molecule has 0 saturated carbocycles. The molecule has 4 rings (SSSR count). The van der Waals surface area contributed by atoms with Crippen molar-refractivity contribution in [1.29, 1.82) is 5.26 Å². The van der Waals surface area contributed by atoms with Gasteiger partial charge in [-0.2, -0.15) is 10.2 Å². The number of aromatic nitrogens is 1. The number of nitrogens with one attached hydrogen (secondary N) is 1. The Hall–Kier alpha value is -2.95. The van der Waals surface area contributed by atoms with E-state index in [4.69, 9.17) is 29.9 Å². The predicted octanol–water partition coefficient (Wildman–Crippen LogP) is 4.63. The molecule has 3 aromatic rings. The number of anilines is 1. The second-order valence-electron chi connectivity index (χ2n) is 6.31. The molecule has 1 atom stereocenters. The molecule has 8 heteroatoms. The lowest BCUT2D eigenvalue weighted by molar-refractivity contribution is 0.120. The molecule has 1 N–H and O–H groups in total.